The predicted octanol–water partition coefficient (Wildman–Crippen LogP) is 3.11. The second-order valence-corrected chi connectivity index (χ2v) is 4.18. The first-order valence-corrected chi connectivity index (χ1v) is 6.08. The summed E-state index contributed by atoms with van der Waals surface area (Å²) in [5.74, 6) is 0.160. The van der Waals surface area contributed by atoms with Crippen LogP contribution in [0.1, 0.15) is 24.8 Å². The molecular weight excluding hydrogens is 238 g/mol. The van der Waals surface area contributed by atoms with Gasteiger partial charge >= 0.3 is 6.61 Å². The molecule has 2 rings (SSSR count). The molecule has 0 atom stereocenters. The van der Waals surface area contributed by atoms with Gasteiger partial charge in [0, 0.05) is 18.7 Å². The fourth-order valence-corrected chi connectivity index (χ4v) is 1.93. The second kappa shape index (κ2) is 6.33. The van der Waals surface area contributed by atoms with Crippen LogP contribution in [-0.4, -0.2) is 30.9 Å². The van der Waals surface area contributed by atoms with E-state index in [1.165, 1.54) is 12.5 Å². The zero-order valence-electron chi connectivity index (χ0n) is 10.1. The van der Waals surface area contributed by atoms with Crippen LogP contribution in [0.5, 0.6) is 5.75 Å². The van der Waals surface area contributed by atoms with Crippen LogP contribution in [0.15, 0.2) is 29.4 Å². The molecule has 1 aromatic carbocycles. The predicted molar refractivity (Wildman–Crippen MR) is 66.1 cm³/mol. The molecule has 0 unspecified atom stereocenters. The van der Waals surface area contributed by atoms with Gasteiger partial charge in [-0.2, -0.15) is 13.9 Å². The van der Waals surface area contributed by atoms with E-state index >= 15 is 0 Å². The molecule has 0 aromatic heterocycles. The number of alkyl halides is 2. The number of hydrogen-bond donors (Lipinski definition) is 0. The van der Waals surface area contributed by atoms with Crippen LogP contribution in [0.25, 0.3) is 0 Å². The van der Waals surface area contributed by atoms with E-state index in [4.69, 9.17) is 0 Å². The van der Waals surface area contributed by atoms with Gasteiger partial charge in [0.15, 0.2) is 0 Å². The summed E-state index contributed by atoms with van der Waals surface area (Å²) in [4.78, 5) is 0. The molecule has 1 fully saturated rings. The first-order valence-electron chi connectivity index (χ1n) is 6.08. The number of halogens is 2. The van der Waals surface area contributed by atoms with E-state index in [9.17, 15) is 8.78 Å². The standard InChI is InChI=1S/C13H16F2N2O/c14-13(15)18-12-7-3-2-6-11(12)10-16-17-8-4-1-5-9-17/h2-3,6-7,10,13H,1,4-5,8-9H2/b16-10-. The van der Waals surface area contributed by atoms with Gasteiger partial charge in [0.2, 0.25) is 0 Å². The average molecular weight is 254 g/mol. The van der Waals surface area contributed by atoms with Gasteiger partial charge in [-0.15, -0.1) is 0 Å². The Kier molecular flexibility index (Phi) is 4.50. The van der Waals surface area contributed by atoms with E-state index in [-0.39, 0.29) is 5.75 Å². The molecule has 0 amide bonds. The molecule has 5 heteroatoms. The highest BCUT2D eigenvalue weighted by atomic mass is 19.3. The summed E-state index contributed by atoms with van der Waals surface area (Å²) >= 11 is 0. The number of ether oxygens (including phenoxy) is 1. The molecule has 18 heavy (non-hydrogen) atoms. The third-order valence-electron chi connectivity index (χ3n) is 2.83. The molecule has 1 heterocycles. The fraction of sp³-hybridized carbons (Fsp3) is 0.462. The highest BCUT2D eigenvalue weighted by molar-refractivity contribution is 5.83. The molecule has 1 aromatic rings. The highest BCUT2D eigenvalue weighted by Crippen LogP contribution is 2.18. The molecule has 98 valence electrons. The lowest BCUT2D eigenvalue weighted by molar-refractivity contribution is -0.0499. The summed E-state index contributed by atoms with van der Waals surface area (Å²) in [5.41, 5.74) is 0.573. The molecule has 0 aliphatic carbocycles. The number of hydrazone groups is 1. The van der Waals surface area contributed by atoms with Gasteiger partial charge in [-0.1, -0.05) is 12.1 Å². The number of hydrogen-bond acceptors (Lipinski definition) is 3. The molecule has 0 spiro atoms. The van der Waals surface area contributed by atoms with Crippen molar-refractivity contribution < 1.29 is 13.5 Å². The average Bonchev–Trinajstić information content (AvgIpc) is 2.38. The zero-order chi connectivity index (χ0) is 12.8. The van der Waals surface area contributed by atoms with Crippen LogP contribution in [0.3, 0.4) is 0 Å². The van der Waals surface area contributed by atoms with Crippen LogP contribution in [0.4, 0.5) is 8.78 Å². The Labute approximate surface area is 105 Å². The zero-order valence-corrected chi connectivity index (χ0v) is 10.1. The van der Waals surface area contributed by atoms with Gasteiger partial charge in [-0.3, -0.25) is 5.01 Å². The first-order chi connectivity index (χ1) is 8.75. The van der Waals surface area contributed by atoms with Crippen molar-refractivity contribution in [3.63, 3.8) is 0 Å². The Bertz CT molecular complexity index is 404. The van der Waals surface area contributed by atoms with Crippen molar-refractivity contribution in [1.82, 2.24) is 5.01 Å². The molecule has 1 aliphatic rings. The van der Waals surface area contributed by atoms with Gasteiger partial charge in [-0.25, -0.2) is 0 Å². The topological polar surface area (TPSA) is 24.8 Å². The van der Waals surface area contributed by atoms with Crippen molar-refractivity contribution >= 4 is 6.21 Å². The third-order valence-corrected chi connectivity index (χ3v) is 2.83. The Morgan fingerprint density at radius 1 is 1.17 bits per heavy atom. The molecule has 3 nitrogen and oxygen atoms in total. The van der Waals surface area contributed by atoms with E-state index in [0.717, 1.165) is 25.9 Å². The lowest BCUT2D eigenvalue weighted by Crippen LogP contribution is -2.24. The number of piperidine rings is 1. The number of benzene rings is 1. The van der Waals surface area contributed by atoms with Crippen LogP contribution in [0, 0.1) is 0 Å². The van der Waals surface area contributed by atoms with E-state index in [1.54, 1.807) is 24.4 Å². The van der Waals surface area contributed by atoms with E-state index in [0.29, 0.717) is 5.56 Å². The van der Waals surface area contributed by atoms with E-state index < -0.39 is 6.61 Å². The lowest BCUT2D eigenvalue weighted by Gasteiger charge is -2.23. The molecule has 1 saturated heterocycles. The summed E-state index contributed by atoms with van der Waals surface area (Å²) in [6, 6.07) is 6.67. The molecule has 0 saturated carbocycles. The van der Waals surface area contributed by atoms with Crippen molar-refractivity contribution in [2.45, 2.75) is 25.9 Å². The third kappa shape index (κ3) is 3.68. The first kappa shape index (κ1) is 12.8. The largest absolute Gasteiger partial charge is 0.434 e. The summed E-state index contributed by atoms with van der Waals surface area (Å²) in [6.07, 6.45) is 5.08. The highest BCUT2D eigenvalue weighted by Gasteiger charge is 2.09. The number of nitrogens with zero attached hydrogens (tertiary/aromatic N) is 2. The maximum absolute atomic E-state index is 12.2. The number of rotatable bonds is 4. The minimum absolute atomic E-state index is 0.160. The Hall–Kier alpha value is -1.65. The summed E-state index contributed by atoms with van der Waals surface area (Å²) in [7, 11) is 0. The Morgan fingerprint density at radius 3 is 2.61 bits per heavy atom. The van der Waals surface area contributed by atoms with Crippen LogP contribution in [0.2, 0.25) is 0 Å². The van der Waals surface area contributed by atoms with Gasteiger partial charge in [-0.05, 0) is 31.4 Å². The van der Waals surface area contributed by atoms with Crippen molar-refractivity contribution in [1.29, 1.82) is 0 Å². The van der Waals surface area contributed by atoms with Crippen molar-refractivity contribution in [2.24, 2.45) is 5.10 Å². The number of para-hydroxylation sites is 1. The molecular formula is C13H16F2N2O. The molecule has 0 radical (unpaired) electrons. The fourth-order valence-electron chi connectivity index (χ4n) is 1.93. The minimum atomic E-state index is -2.81. The van der Waals surface area contributed by atoms with E-state index in [1.807, 2.05) is 5.01 Å². The maximum Gasteiger partial charge on any atom is 0.387 e. The van der Waals surface area contributed by atoms with Crippen molar-refractivity contribution in [2.75, 3.05) is 13.1 Å². The Balaban J connectivity index is 2.05. The summed E-state index contributed by atoms with van der Waals surface area (Å²) < 4.78 is 28.9. The molecule has 1 aliphatic heterocycles. The van der Waals surface area contributed by atoms with Gasteiger partial charge < -0.3 is 4.74 Å². The second-order valence-electron chi connectivity index (χ2n) is 4.18. The SMILES string of the molecule is FC(F)Oc1ccccc1/C=N\N1CCCCC1. The maximum atomic E-state index is 12.2. The van der Waals surface area contributed by atoms with Crippen LogP contribution in [-0.2, 0) is 0 Å². The van der Waals surface area contributed by atoms with Crippen molar-refractivity contribution in [3.05, 3.63) is 29.8 Å². The van der Waals surface area contributed by atoms with E-state index in [2.05, 4.69) is 9.84 Å². The van der Waals surface area contributed by atoms with Crippen molar-refractivity contribution in [3.8, 4) is 5.75 Å². The molecule has 0 N–H and O–H groups in total. The van der Waals surface area contributed by atoms with Crippen LogP contribution < -0.4 is 4.74 Å². The van der Waals surface area contributed by atoms with Gasteiger partial charge in [0.05, 0.1) is 6.21 Å². The van der Waals surface area contributed by atoms with Crippen LogP contribution >= 0.6 is 0 Å². The van der Waals surface area contributed by atoms with Gasteiger partial charge in [0.1, 0.15) is 5.75 Å². The molecule has 0 bridgehead atoms. The lowest BCUT2D eigenvalue weighted by atomic mass is 10.2. The summed E-state index contributed by atoms with van der Waals surface area (Å²) in [6.45, 7) is -0.961. The normalized spacial score (nSPS) is 16.5. The summed E-state index contributed by atoms with van der Waals surface area (Å²) in [5, 5.41) is 6.27. The monoisotopic (exact) mass is 254 g/mol. The smallest absolute Gasteiger partial charge is 0.387 e. The quantitative estimate of drug-likeness (QED) is 0.771. The van der Waals surface area contributed by atoms with Gasteiger partial charge in [0.25, 0.3) is 0 Å². The Morgan fingerprint density at radius 2 is 1.89 bits per heavy atom. The minimum Gasteiger partial charge on any atom is -0.434 e.